The molecule has 3 heterocycles. The van der Waals surface area contributed by atoms with Gasteiger partial charge in [-0.3, -0.25) is 9.88 Å². The van der Waals surface area contributed by atoms with Crippen LogP contribution >= 0.6 is 0 Å². The van der Waals surface area contributed by atoms with Gasteiger partial charge in [-0.05, 0) is 92.5 Å². The lowest BCUT2D eigenvalue weighted by Crippen LogP contribution is -2.39. The first-order valence-corrected chi connectivity index (χ1v) is 17.0. The van der Waals surface area contributed by atoms with Gasteiger partial charge in [0.1, 0.15) is 0 Å². The summed E-state index contributed by atoms with van der Waals surface area (Å²) >= 11 is 0. The van der Waals surface area contributed by atoms with Gasteiger partial charge in [-0.1, -0.05) is 77.1 Å². The Kier molecular flexibility index (Phi) is 9.47. The predicted octanol–water partition coefficient (Wildman–Crippen LogP) is 8.79. The molecule has 0 bridgehead atoms. The van der Waals surface area contributed by atoms with Crippen molar-refractivity contribution in [2.75, 3.05) is 24.5 Å². The van der Waals surface area contributed by atoms with Crippen LogP contribution in [0, 0.1) is 19.3 Å². The summed E-state index contributed by atoms with van der Waals surface area (Å²) in [6, 6.07) is 15.9. The lowest BCUT2D eigenvalue weighted by Gasteiger charge is -2.41. The zero-order valence-corrected chi connectivity index (χ0v) is 29.9. The molecule has 46 heavy (non-hydrogen) atoms. The van der Waals surface area contributed by atoms with E-state index in [1.165, 1.54) is 22.3 Å². The lowest BCUT2D eigenvalue weighted by molar-refractivity contribution is -0.160. The summed E-state index contributed by atoms with van der Waals surface area (Å²) in [7, 11) is 0. The second-order valence-electron chi connectivity index (χ2n) is 16.4. The van der Waals surface area contributed by atoms with E-state index in [4.69, 9.17) is 9.72 Å². The first-order valence-electron chi connectivity index (χ1n) is 17.0. The predicted molar refractivity (Wildman–Crippen MR) is 189 cm³/mol. The van der Waals surface area contributed by atoms with E-state index in [1.807, 2.05) is 27.7 Å². The standard InChI is InChI=1S/C40H55N3O3/c1-26-33(30-14-15-31-25-42(19-16-29(31)23-30)24-28-12-11-13-32(22-28)38(3,4)5)35(43-20-17-40(9,10)18-21-43)34(27(2)41-26)36(37(44)45)46-39(6,7)8/h11-15,22-23,36H,16-21,24-25H2,1-10H3,(H,44,45)/t36-/m0/s1. The number of hydrogen-bond donors (Lipinski definition) is 1. The van der Waals surface area contributed by atoms with Gasteiger partial charge in [0, 0.05) is 55.2 Å². The zero-order chi connectivity index (χ0) is 33.6. The number of aryl methyl sites for hydroxylation is 2. The fourth-order valence-corrected chi connectivity index (χ4v) is 7.05. The summed E-state index contributed by atoms with van der Waals surface area (Å²) in [6.45, 7) is 25.8. The monoisotopic (exact) mass is 625 g/mol. The number of aromatic nitrogens is 1. The smallest absolute Gasteiger partial charge is 0.337 e. The van der Waals surface area contributed by atoms with Crippen molar-refractivity contribution in [3.05, 3.63) is 81.7 Å². The Hall–Kier alpha value is -3.22. The number of ether oxygens (including phenoxy) is 1. The van der Waals surface area contributed by atoms with Crippen molar-refractivity contribution in [3.8, 4) is 11.1 Å². The Balaban J connectivity index is 1.53. The molecule has 0 amide bonds. The van der Waals surface area contributed by atoms with Crippen LogP contribution in [0.25, 0.3) is 11.1 Å². The van der Waals surface area contributed by atoms with Crippen LogP contribution in [0.15, 0.2) is 42.5 Å². The molecule has 1 N–H and O–H groups in total. The van der Waals surface area contributed by atoms with Gasteiger partial charge < -0.3 is 14.7 Å². The minimum Gasteiger partial charge on any atom is -0.479 e. The van der Waals surface area contributed by atoms with Gasteiger partial charge in [0.25, 0.3) is 0 Å². The first-order chi connectivity index (χ1) is 21.4. The minimum absolute atomic E-state index is 0.135. The summed E-state index contributed by atoms with van der Waals surface area (Å²) in [6.07, 6.45) is 1.96. The minimum atomic E-state index is -1.11. The highest BCUT2D eigenvalue weighted by Gasteiger charge is 2.36. The fourth-order valence-electron chi connectivity index (χ4n) is 7.05. The van der Waals surface area contributed by atoms with E-state index in [0.29, 0.717) is 5.56 Å². The molecule has 0 unspecified atom stereocenters. The number of piperidine rings is 1. The van der Waals surface area contributed by atoms with E-state index in [2.05, 4.69) is 93.8 Å². The summed E-state index contributed by atoms with van der Waals surface area (Å²) in [5.74, 6) is -0.980. The van der Waals surface area contributed by atoms with Crippen LogP contribution in [-0.2, 0) is 34.5 Å². The summed E-state index contributed by atoms with van der Waals surface area (Å²) in [4.78, 5) is 22.8. The molecule has 1 saturated heterocycles. The number of carbonyl (C=O) groups is 1. The molecule has 1 fully saturated rings. The maximum atomic E-state index is 12.8. The molecule has 248 valence electrons. The molecule has 0 saturated carbocycles. The maximum absolute atomic E-state index is 12.8. The number of fused-ring (bicyclic) bond motifs is 1. The molecule has 1 atom stereocenters. The summed E-state index contributed by atoms with van der Waals surface area (Å²) < 4.78 is 6.27. The third-order valence-corrected chi connectivity index (χ3v) is 9.76. The van der Waals surface area contributed by atoms with Gasteiger partial charge in [-0.25, -0.2) is 4.79 Å². The third-order valence-electron chi connectivity index (χ3n) is 9.76. The highest BCUT2D eigenvalue weighted by atomic mass is 16.5. The molecular weight excluding hydrogens is 570 g/mol. The number of hydrogen-bond acceptors (Lipinski definition) is 5. The zero-order valence-electron chi connectivity index (χ0n) is 29.9. The Morgan fingerprint density at radius 1 is 0.957 bits per heavy atom. The van der Waals surface area contributed by atoms with Crippen molar-refractivity contribution < 1.29 is 14.6 Å². The number of benzene rings is 2. The van der Waals surface area contributed by atoms with E-state index in [0.717, 1.165) is 80.2 Å². The van der Waals surface area contributed by atoms with Crippen molar-refractivity contribution in [1.29, 1.82) is 0 Å². The van der Waals surface area contributed by atoms with E-state index < -0.39 is 17.7 Å². The maximum Gasteiger partial charge on any atom is 0.337 e. The fraction of sp³-hybridized carbons (Fsp3) is 0.550. The van der Waals surface area contributed by atoms with E-state index in [1.54, 1.807) is 0 Å². The Morgan fingerprint density at radius 2 is 1.65 bits per heavy atom. The van der Waals surface area contributed by atoms with Gasteiger partial charge in [0.15, 0.2) is 6.10 Å². The number of nitrogens with zero attached hydrogens (tertiary/aromatic N) is 3. The number of carboxylic acids is 1. The molecule has 2 aliphatic heterocycles. The molecule has 6 nitrogen and oxygen atoms in total. The van der Waals surface area contributed by atoms with Crippen LogP contribution in [-0.4, -0.2) is 46.2 Å². The molecule has 0 aliphatic carbocycles. The SMILES string of the molecule is Cc1nc(C)c([C@H](OC(C)(C)C)C(=O)O)c(N2CCC(C)(C)CC2)c1-c1ccc2c(c1)CCN(Cc1cccc(C(C)(C)C)c1)C2. The van der Waals surface area contributed by atoms with Crippen molar-refractivity contribution >= 4 is 11.7 Å². The van der Waals surface area contributed by atoms with Gasteiger partial charge >= 0.3 is 5.97 Å². The normalized spacial score (nSPS) is 17.9. The molecule has 3 aromatic rings. The van der Waals surface area contributed by atoms with Gasteiger partial charge in [0.05, 0.1) is 11.3 Å². The molecule has 0 radical (unpaired) electrons. The largest absolute Gasteiger partial charge is 0.479 e. The second kappa shape index (κ2) is 12.8. The van der Waals surface area contributed by atoms with Crippen molar-refractivity contribution in [3.63, 3.8) is 0 Å². The van der Waals surface area contributed by atoms with Crippen molar-refractivity contribution in [1.82, 2.24) is 9.88 Å². The Bertz CT molecular complexity index is 1580. The molecule has 5 rings (SSSR count). The van der Waals surface area contributed by atoms with Crippen LogP contribution in [0.5, 0.6) is 0 Å². The second-order valence-corrected chi connectivity index (χ2v) is 16.4. The van der Waals surface area contributed by atoms with Crippen LogP contribution in [0.3, 0.4) is 0 Å². The van der Waals surface area contributed by atoms with Gasteiger partial charge in [-0.15, -0.1) is 0 Å². The third kappa shape index (κ3) is 7.66. The molecule has 0 spiro atoms. The van der Waals surface area contributed by atoms with Crippen LogP contribution in [0.4, 0.5) is 5.69 Å². The van der Waals surface area contributed by atoms with Crippen LogP contribution in [0.1, 0.15) is 114 Å². The average Bonchev–Trinajstić information content (AvgIpc) is 2.95. The number of anilines is 1. The quantitative estimate of drug-likeness (QED) is 0.283. The Morgan fingerprint density at radius 3 is 2.28 bits per heavy atom. The van der Waals surface area contributed by atoms with E-state index in [9.17, 15) is 9.90 Å². The number of carboxylic acid groups (broad SMARTS) is 1. The topological polar surface area (TPSA) is 65.9 Å². The molecule has 2 aromatic carbocycles. The number of rotatable bonds is 7. The number of pyridine rings is 1. The van der Waals surface area contributed by atoms with E-state index in [-0.39, 0.29) is 10.8 Å². The number of aliphatic carboxylic acids is 1. The lowest BCUT2D eigenvalue weighted by atomic mass is 9.81. The highest BCUT2D eigenvalue weighted by Crippen LogP contribution is 2.45. The molecule has 2 aliphatic rings. The van der Waals surface area contributed by atoms with Crippen molar-refractivity contribution in [2.45, 2.75) is 119 Å². The Labute approximate surface area is 277 Å². The average molecular weight is 626 g/mol. The first kappa shape index (κ1) is 34.1. The molecular formula is C40H55N3O3. The summed E-state index contributed by atoms with van der Waals surface area (Å²) in [5.41, 5.74) is 10.7. The van der Waals surface area contributed by atoms with Crippen LogP contribution < -0.4 is 4.90 Å². The molecule has 6 heteroatoms. The summed E-state index contributed by atoms with van der Waals surface area (Å²) in [5, 5.41) is 10.5. The van der Waals surface area contributed by atoms with E-state index >= 15 is 0 Å². The highest BCUT2D eigenvalue weighted by molar-refractivity contribution is 5.88. The van der Waals surface area contributed by atoms with Gasteiger partial charge in [0.2, 0.25) is 0 Å². The van der Waals surface area contributed by atoms with Crippen molar-refractivity contribution in [2.24, 2.45) is 5.41 Å². The van der Waals surface area contributed by atoms with Crippen LogP contribution in [0.2, 0.25) is 0 Å². The molecule has 1 aromatic heterocycles. The van der Waals surface area contributed by atoms with Gasteiger partial charge in [-0.2, -0.15) is 0 Å².